The molecule has 0 N–H and O–H groups in total. The first-order chi connectivity index (χ1) is 21.2. The van der Waals surface area contributed by atoms with Crippen LogP contribution in [0.2, 0.25) is 0 Å². The van der Waals surface area contributed by atoms with E-state index in [1.165, 1.54) is 13.0 Å². The average Bonchev–Trinajstić information content (AvgIpc) is 2.92. The van der Waals surface area contributed by atoms with E-state index < -0.39 is 91.9 Å². The van der Waals surface area contributed by atoms with Crippen LogP contribution in [0.1, 0.15) is 80.6 Å². The molecule has 0 aromatic carbocycles. The molecule has 45 heavy (non-hydrogen) atoms. The Bertz CT molecular complexity index is 1050. The smallest absolute Gasteiger partial charge is 0.303 e. The molecule has 0 aromatic heterocycles. The Labute approximate surface area is 263 Å². The molecule has 0 amide bonds. The quantitative estimate of drug-likeness (QED) is 0.0922. The number of hydrogen-bond donors (Lipinski definition) is 0. The van der Waals surface area contributed by atoms with Gasteiger partial charge in [0.05, 0.1) is 0 Å². The number of esters is 6. The second-order valence-corrected chi connectivity index (χ2v) is 10.3. The predicted octanol–water partition coefficient (Wildman–Crippen LogP) is 3.03. The minimum Gasteiger partial charge on any atom is -0.463 e. The Morgan fingerprint density at radius 1 is 0.689 bits per heavy atom. The van der Waals surface area contributed by atoms with E-state index >= 15 is 0 Å². The number of unbranched alkanes of at least 4 members (excludes halogenated alkanes) is 4. The van der Waals surface area contributed by atoms with Crippen molar-refractivity contribution in [2.75, 3.05) is 13.2 Å². The van der Waals surface area contributed by atoms with Crippen LogP contribution in [0.5, 0.6) is 0 Å². The fourth-order valence-corrected chi connectivity index (χ4v) is 4.36. The lowest BCUT2D eigenvalue weighted by molar-refractivity contribution is -0.318. The van der Waals surface area contributed by atoms with Crippen LogP contribution in [-0.2, 0) is 66.7 Å². The summed E-state index contributed by atoms with van der Waals surface area (Å²) in [4.78, 5) is 71.6. The van der Waals surface area contributed by atoms with Crippen molar-refractivity contribution in [3.8, 4) is 0 Å². The molecule has 0 aromatic rings. The van der Waals surface area contributed by atoms with E-state index in [1.807, 2.05) is 6.08 Å². The maximum absolute atomic E-state index is 12.2. The summed E-state index contributed by atoms with van der Waals surface area (Å²) in [6.07, 6.45) is 2.49. The normalized spacial score (nSPS) is 22.7. The van der Waals surface area contributed by atoms with Gasteiger partial charge >= 0.3 is 35.8 Å². The van der Waals surface area contributed by atoms with Gasteiger partial charge in [0.2, 0.25) is 0 Å². The number of carbonyl (C=O) groups is 6. The lowest BCUT2D eigenvalue weighted by Gasteiger charge is -2.45. The van der Waals surface area contributed by atoms with Crippen LogP contribution < -0.4 is 0 Å². The van der Waals surface area contributed by atoms with E-state index in [-0.39, 0.29) is 0 Å². The third-order valence-electron chi connectivity index (χ3n) is 6.15. The first-order valence-corrected chi connectivity index (χ1v) is 14.8. The van der Waals surface area contributed by atoms with Gasteiger partial charge in [0.15, 0.2) is 30.7 Å². The van der Waals surface area contributed by atoms with Crippen LogP contribution in [0.4, 0.5) is 0 Å². The van der Waals surface area contributed by atoms with Gasteiger partial charge in [-0.15, -0.1) is 0 Å². The van der Waals surface area contributed by atoms with Gasteiger partial charge in [0.25, 0.3) is 0 Å². The van der Waals surface area contributed by atoms with E-state index in [0.29, 0.717) is 0 Å². The lowest BCUT2D eigenvalue weighted by atomic mass is 9.98. The largest absolute Gasteiger partial charge is 0.463 e. The summed E-state index contributed by atoms with van der Waals surface area (Å²) in [5.74, 6) is -4.44. The Morgan fingerprint density at radius 2 is 1.29 bits per heavy atom. The Hall–Kier alpha value is -3.78. The van der Waals surface area contributed by atoms with Crippen LogP contribution in [0.25, 0.3) is 0 Å². The van der Waals surface area contributed by atoms with Crippen LogP contribution in [0.15, 0.2) is 24.3 Å². The zero-order valence-electron chi connectivity index (χ0n) is 27.0. The number of ether oxygens (including phenoxy) is 8. The summed E-state index contributed by atoms with van der Waals surface area (Å²) in [5.41, 5.74) is 0. The van der Waals surface area contributed by atoms with Crippen molar-refractivity contribution in [1.82, 2.24) is 0 Å². The minimum absolute atomic E-state index is 0.407. The summed E-state index contributed by atoms with van der Waals surface area (Å²) < 4.78 is 44.1. The fraction of sp³-hybridized carbons (Fsp3) is 0.677. The number of hydrogen-bond acceptors (Lipinski definition) is 14. The summed E-state index contributed by atoms with van der Waals surface area (Å²) in [6.45, 7) is 8.04. The van der Waals surface area contributed by atoms with Gasteiger partial charge in [-0.1, -0.05) is 50.5 Å². The standard InChI is InChI=1S/C31H46O14/c1-8-9-10-11-12-13-14-15-16-25(26(40-21(4)34)17-38-19(2)32)44-31-30(43-24(7)37)29(42-23(6)36)28(41-22(5)35)27(45-31)18-39-20(3)33/h13-16,25-31H,8-12,17-18H2,1-7H3/b14-13+,16-15+/t25-,26+,27+,28-,29-,30+,31+/m0/s1. The third-order valence-corrected chi connectivity index (χ3v) is 6.15. The zero-order valence-corrected chi connectivity index (χ0v) is 27.0. The second kappa shape index (κ2) is 21.0. The van der Waals surface area contributed by atoms with Crippen molar-refractivity contribution in [3.63, 3.8) is 0 Å². The van der Waals surface area contributed by atoms with Gasteiger partial charge in [-0.3, -0.25) is 28.8 Å². The highest BCUT2D eigenvalue weighted by Gasteiger charge is 2.53. The van der Waals surface area contributed by atoms with Crippen molar-refractivity contribution in [2.45, 2.75) is 123 Å². The van der Waals surface area contributed by atoms with Crippen molar-refractivity contribution >= 4 is 35.8 Å². The predicted molar refractivity (Wildman–Crippen MR) is 156 cm³/mol. The minimum atomic E-state index is -1.56. The fourth-order valence-electron chi connectivity index (χ4n) is 4.36. The van der Waals surface area contributed by atoms with Gasteiger partial charge in [-0.05, 0) is 12.8 Å². The molecule has 0 bridgehead atoms. The van der Waals surface area contributed by atoms with E-state index in [2.05, 4.69) is 6.92 Å². The van der Waals surface area contributed by atoms with E-state index in [9.17, 15) is 28.8 Å². The summed E-state index contributed by atoms with van der Waals surface area (Å²) >= 11 is 0. The van der Waals surface area contributed by atoms with Gasteiger partial charge in [-0.2, -0.15) is 0 Å². The molecule has 0 spiro atoms. The summed E-state index contributed by atoms with van der Waals surface area (Å²) in [7, 11) is 0. The van der Waals surface area contributed by atoms with Crippen LogP contribution >= 0.6 is 0 Å². The number of allylic oxidation sites excluding steroid dienone is 3. The highest BCUT2D eigenvalue weighted by molar-refractivity contribution is 5.69. The third kappa shape index (κ3) is 16.2. The molecule has 1 heterocycles. The zero-order chi connectivity index (χ0) is 33.9. The van der Waals surface area contributed by atoms with E-state index in [4.69, 9.17) is 37.9 Å². The molecule has 0 unspecified atom stereocenters. The van der Waals surface area contributed by atoms with Gasteiger partial charge in [0.1, 0.15) is 25.4 Å². The van der Waals surface area contributed by atoms with Gasteiger partial charge < -0.3 is 37.9 Å². The van der Waals surface area contributed by atoms with E-state index in [1.54, 1.807) is 12.2 Å². The molecule has 254 valence electrons. The number of carbonyl (C=O) groups excluding carboxylic acids is 6. The molecule has 0 saturated carbocycles. The molecule has 1 saturated heterocycles. The SMILES string of the molecule is CCCCCC/C=C/C=C/[C@H](O[C@@H]1O[C@H](COC(C)=O)[C@H](OC(C)=O)[C@H](OC(C)=O)[C@H]1OC(C)=O)[C@@H](COC(C)=O)OC(C)=O. The van der Waals surface area contributed by atoms with Crippen LogP contribution in [0, 0.1) is 0 Å². The number of rotatable bonds is 18. The Kier molecular flexibility index (Phi) is 18.4. The monoisotopic (exact) mass is 642 g/mol. The van der Waals surface area contributed by atoms with Crippen molar-refractivity contribution in [2.24, 2.45) is 0 Å². The first-order valence-electron chi connectivity index (χ1n) is 14.8. The maximum atomic E-state index is 12.2. The Balaban J connectivity index is 3.57. The maximum Gasteiger partial charge on any atom is 0.303 e. The molecular formula is C31H46O14. The highest BCUT2D eigenvalue weighted by Crippen LogP contribution is 2.31. The average molecular weight is 643 g/mol. The van der Waals surface area contributed by atoms with Crippen LogP contribution in [-0.4, -0.2) is 91.9 Å². The highest BCUT2D eigenvalue weighted by atomic mass is 16.7. The molecule has 14 heteroatoms. The molecule has 0 radical (unpaired) electrons. The molecule has 1 aliphatic heterocycles. The summed E-state index contributed by atoms with van der Waals surface area (Å²) in [6, 6.07) is 0. The molecular weight excluding hydrogens is 596 g/mol. The van der Waals surface area contributed by atoms with Gasteiger partial charge in [-0.25, -0.2) is 0 Å². The van der Waals surface area contributed by atoms with Crippen molar-refractivity contribution in [1.29, 1.82) is 0 Å². The molecule has 1 rings (SSSR count). The second-order valence-electron chi connectivity index (χ2n) is 10.3. The molecule has 0 aliphatic carbocycles. The van der Waals surface area contributed by atoms with Crippen molar-refractivity contribution < 1.29 is 66.7 Å². The lowest BCUT2D eigenvalue weighted by Crippen LogP contribution is -2.63. The molecule has 7 atom stereocenters. The van der Waals surface area contributed by atoms with Gasteiger partial charge in [0, 0.05) is 41.5 Å². The summed E-state index contributed by atoms with van der Waals surface area (Å²) in [5, 5.41) is 0. The topological polar surface area (TPSA) is 176 Å². The van der Waals surface area contributed by atoms with Crippen LogP contribution in [0.3, 0.4) is 0 Å². The Morgan fingerprint density at radius 3 is 1.84 bits per heavy atom. The van der Waals surface area contributed by atoms with E-state index in [0.717, 1.165) is 66.7 Å². The first kappa shape index (κ1) is 39.2. The van der Waals surface area contributed by atoms with Crippen molar-refractivity contribution in [3.05, 3.63) is 24.3 Å². The molecule has 1 fully saturated rings. The molecule has 1 aliphatic rings. The molecule has 14 nitrogen and oxygen atoms in total.